The minimum Gasteiger partial charge on any atom is -0.461 e. The Hall–Kier alpha value is -3.07. The first kappa shape index (κ1) is 21.8. The van der Waals surface area contributed by atoms with Crippen LogP contribution < -0.4 is 10.2 Å². The summed E-state index contributed by atoms with van der Waals surface area (Å²) in [6, 6.07) is 11.5. The van der Waals surface area contributed by atoms with Crippen molar-refractivity contribution in [3.8, 4) is 11.6 Å². The summed E-state index contributed by atoms with van der Waals surface area (Å²) in [7, 11) is 0. The average molecular weight is 466 g/mol. The molecule has 0 spiro atoms. The predicted octanol–water partition coefficient (Wildman–Crippen LogP) is 4.90. The van der Waals surface area contributed by atoms with E-state index in [1.165, 1.54) is 31.0 Å². The van der Waals surface area contributed by atoms with E-state index in [1.807, 2.05) is 36.4 Å². The Morgan fingerprint density at radius 1 is 1.12 bits per heavy atom. The predicted molar refractivity (Wildman–Crippen MR) is 127 cm³/mol. The van der Waals surface area contributed by atoms with Crippen molar-refractivity contribution in [2.45, 2.75) is 56.1 Å². The summed E-state index contributed by atoms with van der Waals surface area (Å²) in [5.74, 6) is 1.64. The van der Waals surface area contributed by atoms with E-state index in [1.54, 1.807) is 11.2 Å². The standard InChI is InChI=1S/C24H27N5O3S/c30-21(25-17-7-4-10-19(15-17)28-13-5-12-22(28)31)16-33-24-27-26-23(20-11-6-14-32-20)29(24)18-8-2-1-3-9-18/h4,6-7,10-11,14-15,18H,1-3,5,8-9,12-13,16H2,(H,25,30). The second kappa shape index (κ2) is 9.82. The van der Waals surface area contributed by atoms with Crippen LogP contribution in [0, 0.1) is 0 Å². The molecule has 2 aliphatic rings. The fourth-order valence-electron chi connectivity index (χ4n) is 4.62. The van der Waals surface area contributed by atoms with Crippen molar-refractivity contribution in [3.63, 3.8) is 0 Å². The minimum absolute atomic E-state index is 0.123. The molecule has 33 heavy (non-hydrogen) atoms. The maximum absolute atomic E-state index is 12.7. The van der Waals surface area contributed by atoms with Gasteiger partial charge in [0.05, 0.1) is 12.0 Å². The molecule has 1 N–H and O–H groups in total. The Morgan fingerprint density at radius 3 is 2.76 bits per heavy atom. The summed E-state index contributed by atoms with van der Waals surface area (Å²) in [6.45, 7) is 0.723. The molecule has 172 valence electrons. The van der Waals surface area contributed by atoms with Crippen molar-refractivity contribution in [1.82, 2.24) is 14.8 Å². The average Bonchev–Trinajstić information content (AvgIpc) is 3.59. The van der Waals surface area contributed by atoms with Crippen LogP contribution in [0.3, 0.4) is 0 Å². The number of rotatable bonds is 7. The largest absolute Gasteiger partial charge is 0.461 e. The van der Waals surface area contributed by atoms with Crippen LogP contribution in [0.25, 0.3) is 11.6 Å². The molecule has 3 heterocycles. The van der Waals surface area contributed by atoms with Gasteiger partial charge < -0.3 is 14.6 Å². The molecule has 1 aromatic carbocycles. The third-order valence-corrected chi connectivity index (χ3v) is 7.14. The zero-order valence-electron chi connectivity index (χ0n) is 18.4. The molecule has 1 saturated heterocycles. The van der Waals surface area contributed by atoms with Crippen molar-refractivity contribution in [1.29, 1.82) is 0 Å². The number of thioether (sulfide) groups is 1. The molecule has 1 aliphatic carbocycles. The maximum atomic E-state index is 12.7. The van der Waals surface area contributed by atoms with Gasteiger partial charge in [-0.2, -0.15) is 0 Å². The van der Waals surface area contributed by atoms with E-state index in [9.17, 15) is 9.59 Å². The summed E-state index contributed by atoms with van der Waals surface area (Å²) in [5, 5.41) is 12.5. The molecule has 3 aromatic rings. The van der Waals surface area contributed by atoms with Gasteiger partial charge in [0.15, 0.2) is 10.9 Å². The number of furan rings is 1. The normalized spacial score (nSPS) is 17.0. The summed E-state index contributed by atoms with van der Waals surface area (Å²) in [5.41, 5.74) is 1.51. The molecular weight excluding hydrogens is 438 g/mol. The van der Waals surface area contributed by atoms with Crippen LogP contribution in [0.15, 0.2) is 52.2 Å². The number of amides is 2. The molecule has 9 heteroatoms. The molecule has 0 unspecified atom stereocenters. The van der Waals surface area contributed by atoms with Gasteiger partial charge in [-0.05, 0) is 49.6 Å². The first-order valence-corrected chi connectivity index (χ1v) is 12.5. The van der Waals surface area contributed by atoms with Gasteiger partial charge in [-0.1, -0.05) is 37.1 Å². The fraction of sp³-hybridized carbons (Fsp3) is 0.417. The Balaban J connectivity index is 1.28. The summed E-state index contributed by atoms with van der Waals surface area (Å²) in [4.78, 5) is 26.5. The van der Waals surface area contributed by atoms with Crippen LogP contribution in [-0.2, 0) is 9.59 Å². The number of carbonyl (C=O) groups excluding carboxylic acids is 2. The molecule has 0 radical (unpaired) electrons. The molecule has 2 fully saturated rings. The van der Waals surface area contributed by atoms with Crippen molar-refractivity contribution >= 4 is 35.0 Å². The van der Waals surface area contributed by atoms with Gasteiger partial charge >= 0.3 is 0 Å². The van der Waals surface area contributed by atoms with Gasteiger partial charge in [0, 0.05) is 30.4 Å². The SMILES string of the molecule is O=C(CSc1nnc(-c2ccco2)n1C1CCCCC1)Nc1cccc(N2CCCC2=O)c1. The first-order chi connectivity index (χ1) is 16.2. The lowest BCUT2D eigenvalue weighted by molar-refractivity contribution is -0.117. The molecular formula is C24H27N5O3S. The second-order valence-electron chi connectivity index (χ2n) is 8.48. The number of anilines is 2. The highest BCUT2D eigenvalue weighted by atomic mass is 32.2. The van der Waals surface area contributed by atoms with Gasteiger partial charge in [-0.15, -0.1) is 10.2 Å². The minimum atomic E-state index is -0.123. The third-order valence-electron chi connectivity index (χ3n) is 6.19. The number of nitrogens with zero attached hydrogens (tertiary/aromatic N) is 4. The van der Waals surface area contributed by atoms with Crippen LogP contribution in [0.1, 0.15) is 51.0 Å². The lowest BCUT2D eigenvalue weighted by Crippen LogP contribution is -2.24. The molecule has 5 rings (SSSR count). The van der Waals surface area contributed by atoms with Gasteiger partial charge in [0.2, 0.25) is 17.6 Å². The van der Waals surface area contributed by atoms with Crippen molar-refractivity contribution in [2.24, 2.45) is 0 Å². The quantitative estimate of drug-likeness (QED) is 0.499. The summed E-state index contributed by atoms with van der Waals surface area (Å²) < 4.78 is 7.74. The van der Waals surface area contributed by atoms with Gasteiger partial charge in [-0.25, -0.2) is 0 Å². The molecule has 1 saturated carbocycles. The second-order valence-corrected chi connectivity index (χ2v) is 9.42. The van der Waals surface area contributed by atoms with Gasteiger partial charge in [0.1, 0.15) is 0 Å². The number of hydrogen-bond donors (Lipinski definition) is 1. The lowest BCUT2D eigenvalue weighted by atomic mass is 9.95. The monoisotopic (exact) mass is 465 g/mol. The van der Waals surface area contributed by atoms with Crippen LogP contribution in [0.2, 0.25) is 0 Å². The van der Waals surface area contributed by atoms with Gasteiger partial charge in [0.25, 0.3) is 0 Å². The Labute approximate surface area is 196 Å². The fourth-order valence-corrected chi connectivity index (χ4v) is 5.42. The molecule has 1 aliphatic heterocycles. The molecule has 8 nitrogen and oxygen atoms in total. The van der Waals surface area contributed by atoms with Gasteiger partial charge in [-0.3, -0.25) is 14.2 Å². The summed E-state index contributed by atoms with van der Waals surface area (Å²) >= 11 is 1.39. The van der Waals surface area contributed by atoms with Crippen LogP contribution in [0.5, 0.6) is 0 Å². The number of benzene rings is 1. The molecule has 0 bridgehead atoms. The Morgan fingerprint density at radius 2 is 2.00 bits per heavy atom. The number of carbonyl (C=O) groups is 2. The number of aromatic nitrogens is 3. The van der Waals surface area contributed by atoms with E-state index in [2.05, 4.69) is 20.1 Å². The smallest absolute Gasteiger partial charge is 0.234 e. The first-order valence-electron chi connectivity index (χ1n) is 11.5. The van der Waals surface area contributed by atoms with Crippen LogP contribution >= 0.6 is 11.8 Å². The highest BCUT2D eigenvalue weighted by Gasteiger charge is 2.25. The topological polar surface area (TPSA) is 93.3 Å². The van der Waals surface area contributed by atoms with Crippen molar-refractivity contribution in [2.75, 3.05) is 22.5 Å². The van der Waals surface area contributed by atoms with E-state index in [4.69, 9.17) is 4.42 Å². The summed E-state index contributed by atoms with van der Waals surface area (Å²) in [6.07, 6.45) is 8.85. The lowest BCUT2D eigenvalue weighted by Gasteiger charge is -2.25. The number of nitrogens with one attached hydrogen (secondary N) is 1. The molecule has 2 amide bonds. The zero-order chi connectivity index (χ0) is 22.6. The van der Waals surface area contributed by atoms with E-state index < -0.39 is 0 Å². The van der Waals surface area contributed by atoms with Crippen molar-refractivity contribution < 1.29 is 14.0 Å². The highest BCUT2D eigenvalue weighted by Crippen LogP contribution is 2.35. The highest BCUT2D eigenvalue weighted by molar-refractivity contribution is 7.99. The molecule has 2 aromatic heterocycles. The third kappa shape index (κ3) is 4.83. The van der Waals surface area contributed by atoms with E-state index in [0.29, 0.717) is 23.9 Å². The van der Waals surface area contributed by atoms with E-state index in [0.717, 1.165) is 42.5 Å². The van der Waals surface area contributed by atoms with Crippen LogP contribution in [0.4, 0.5) is 11.4 Å². The maximum Gasteiger partial charge on any atom is 0.234 e. The van der Waals surface area contributed by atoms with E-state index >= 15 is 0 Å². The number of hydrogen-bond acceptors (Lipinski definition) is 6. The Bertz CT molecular complexity index is 1120. The Kier molecular flexibility index (Phi) is 6.48. The zero-order valence-corrected chi connectivity index (χ0v) is 19.2. The van der Waals surface area contributed by atoms with Crippen molar-refractivity contribution in [3.05, 3.63) is 42.7 Å². The van der Waals surface area contributed by atoms with E-state index in [-0.39, 0.29) is 17.6 Å². The molecule has 0 atom stereocenters. The van der Waals surface area contributed by atoms with Crippen LogP contribution in [-0.4, -0.2) is 38.9 Å².